The number of halogens is 1. The molecule has 5 heteroatoms. The summed E-state index contributed by atoms with van der Waals surface area (Å²) in [5, 5.41) is 3.32. The Bertz CT molecular complexity index is 593. The maximum atomic E-state index is 13.2. The van der Waals surface area contributed by atoms with E-state index in [2.05, 4.69) is 20.2 Å². The van der Waals surface area contributed by atoms with Gasteiger partial charge in [-0.25, -0.2) is 9.37 Å². The number of pyridine rings is 2. The van der Waals surface area contributed by atoms with Crippen molar-refractivity contribution in [3.05, 3.63) is 48.2 Å². The van der Waals surface area contributed by atoms with Crippen LogP contribution in [0.1, 0.15) is 31.4 Å². The molecule has 0 radical (unpaired) electrons. The molecule has 0 amide bonds. The molecule has 0 bridgehead atoms. The average Bonchev–Trinajstić information content (AvgIpc) is 3.02. The first-order valence-electron chi connectivity index (χ1n) is 7.30. The molecule has 3 heterocycles. The molecular formula is C16H19FN4. The van der Waals surface area contributed by atoms with Crippen molar-refractivity contribution in [1.82, 2.24) is 9.97 Å². The van der Waals surface area contributed by atoms with Crippen molar-refractivity contribution in [1.29, 1.82) is 0 Å². The van der Waals surface area contributed by atoms with Gasteiger partial charge in [0.15, 0.2) is 0 Å². The molecule has 1 aliphatic rings. The van der Waals surface area contributed by atoms with Crippen LogP contribution in [0.4, 0.5) is 15.9 Å². The lowest BCUT2D eigenvalue weighted by atomic mass is 10.1. The molecule has 4 nitrogen and oxygen atoms in total. The lowest BCUT2D eigenvalue weighted by Gasteiger charge is -2.18. The highest BCUT2D eigenvalue weighted by Gasteiger charge is 2.13. The molecule has 21 heavy (non-hydrogen) atoms. The second-order valence-electron chi connectivity index (χ2n) is 5.40. The summed E-state index contributed by atoms with van der Waals surface area (Å²) in [5.41, 5.74) is 1.74. The van der Waals surface area contributed by atoms with E-state index in [0.29, 0.717) is 0 Å². The van der Waals surface area contributed by atoms with E-state index in [-0.39, 0.29) is 11.9 Å². The normalized spacial score (nSPS) is 16.0. The highest BCUT2D eigenvalue weighted by molar-refractivity contribution is 5.50. The Labute approximate surface area is 124 Å². The number of aromatic nitrogens is 2. The van der Waals surface area contributed by atoms with E-state index in [4.69, 9.17) is 0 Å². The zero-order chi connectivity index (χ0) is 14.7. The first kappa shape index (κ1) is 13.8. The second-order valence-corrected chi connectivity index (χ2v) is 5.40. The van der Waals surface area contributed by atoms with E-state index in [1.165, 1.54) is 25.1 Å². The molecule has 0 spiro atoms. The molecule has 1 atom stereocenters. The van der Waals surface area contributed by atoms with Gasteiger partial charge in [-0.1, -0.05) is 0 Å². The third-order valence-corrected chi connectivity index (χ3v) is 3.79. The Morgan fingerprint density at radius 2 is 2.00 bits per heavy atom. The number of hydrogen-bond donors (Lipinski definition) is 1. The van der Waals surface area contributed by atoms with Gasteiger partial charge >= 0.3 is 0 Å². The Kier molecular flexibility index (Phi) is 3.99. The van der Waals surface area contributed by atoms with Gasteiger partial charge in [0.1, 0.15) is 11.6 Å². The third-order valence-electron chi connectivity index (χ3n) is 3.79. The number of nitrogens with one attached hydrogen (secondary N) is 1. The number of hydrogen-bond acceptors (Lipinski definition) is 4. The molecule has 1 aliphatic heterocycles. The van der Waals surface area contributed by atoms with E-state index in [1.54, 1.807) is 6.20 Å². The van der Waals surface area contributed by atoms with Crippen molar-refractivity contribution in [2.24, 2.45) is 0 Å². The maximum absolute atomic E-state index is 13.2. The van der Waals surface area contributed by atoms with Gasteiger partial charge in [-0.2, -0.15) is 0 Å². The summed E-state index contributed by atoms with van der Waals surface area (Å²) in [7, 11) is 0. The molecule has 1 N–H and O–H groups in total. The highest BCUT2D eigenvalue weighted by Crippen LogP contribution is 2.22. The predicted octanol–water partition coefficient (Wildman–Crippen LogP) is 3.39. The minimum absolute atomic E-state index is 0.0207. The van der Waals surface area contributed by atoms with Crippen molar-refractivity contribution in [3.8, 4) is 0 Å². The Hall–Kier alpha value is -2.17. The lowest BCUT2D eigenvalue weighted by Crippen LogP contribution is -2.18. The SMILES string of the molecule is CC(Nc1ccc(N2CCCC2)nc1)c1cncc(F)c1. The number of nitrogens with zero attached hydrogens (tertiary/aromatic N) is 3. The summed E-state index contributed by atoms with van der Waals surface area (Å²) in [6.07, 6.45) is 7.20. The smallest absolute Gasteiger partial charge is 0.141 e. The third kappa shape index (κ3) is 3.29. The van der Waals surface area contributed by atoms with Crippen LogP contribution >= 0.6 is 0 Å². The predicted molar refractivity (Wildman–Crippen MR) is 81.9 cm³/mol. The molecular weight excluding hydrogens is 267 g/mol. The van der Waals surface area contributed by atoms with Gasteiger partial charge in [-0.3, -0.25) is 4.98 Å². The van der Waals surface area contributed by atoms with E-state index in [0.717, 1.165) is 30.2 Å². The van der Waals surface area contributed by atoms with Crippen molar-refractivity contribution in [3.63, 3.8) is 0 Å². The summed E-state index contributed by atoms with van der Waals surface area (Å²) in [6.45, 7) is 4.15. The molecule has 1 saturated heterocycles. The van der Waals surface area contributed by atoms with Gasteiger partial charge < -0.3 is 10.2 Å². The fourth-order valence-corrected chi connectivity index (χ4v) is 2.60. The molecule has 1 unspecified atom stereocenters. The largest absolute Gasteiger partial charge is 0.377 e. The van der Waals surface area contributed by atoms with Crippen molar-refractivity contribution < 1.29 is 4.39 Å². The molecule has 2 aromatic rings. The van der Waals surface area contributed by atoms with Crippen molar-refractivity contribution in [2.45, 2.75) is 25.8 Å². The van der Waals surface area contributed by atoms with Gasteiger partial charge in [0.25, 0.3) is 0 Å². The van der Waals surface area contributed by atoms with Crippen molar-refractivity contribution in [2.75, 3.05) is 23.3 Å². The molecule has 110 valence electrons. The van der Waals surface area contributed by atoms with Gasteiger partial charge in [-0.05, 0) is 43.5 Å². The monoisotopic (exact) mass is 286 g/mol. The minimum atomic E-state index is -0.316. The van der Waals surface area contributed by atoms with E-state index in [9.17, 15) is 4.39 Å². The van der Waals surface area contributed by atoms with Crippen LogP contribution < -0.4 is 10.2 Å². The van der Waals surface area contributed by atoms with Crippen LogP contribution in [-0.2, 0) is 0 Å². The minimum Gasteiger partial charge on any atom is -0.377 e. The highest BCUT2D eigenvalue weighted by atomic mass is 19.1. The van der Waals surface area contributed by atoms with E-state index < -0.39 is 0 Å². The summed E-state index contributed by atoms with van der Waals surface area (Å²) in [6, 6.07) is 5.53. The molecule has 2 aromatic heterocycles. The van der Waals surface area contributed by atoms with Crippen LogP contribution in [0.5, 0.6) is 0 Å². The molecule has 0 aromatic carbocycles. The lowest BCUT2D eigenvalue weighted by molar-refractivity contribution is 0.616. The van der Waals surface area contributed by atoms with Crippen LogP contribution in [-0.4, -0.2) is 23.1 Å². The van der Waals surface area contributed by atoms with Crippen LogP contribution in [0, 0.1) is 5.82 Å². The van der Waals surface area contributed by atoms with Gasteiger partial charge in [0.2, 0.25) is 0 Å². The van der Waals surface area contributed by atoms with Gasteiger partial charge in [0.05, 0.1) is 24.1 Å². The Morgan fingerprint density at radius 3 is 2.67 bits per heavy atom. The Morgan fingerprint density at radius 1 is 1.19 bits per heavy atom. The maximum Gasteiger partial charge on any atom is 0.141 e. The van der Waals surface area contributed by atoms with Crippen LogP contribution in [0.2, 0.25) is 0 Å². The fraction of sp³-hybridized carbons (Fsp3) is 0.375. The first-order valence-corrected chi connectivity index (χ1v) is 7.30. The zero-order valence-electron chi connectivity index (χ0n) is 12.1. The van der Waals surface area contributed by atoms with Crippen LogP contribution in [0.15, 0.2) is 36.8 Å². The first-order chi connectivity index (χ1) is 10.2. The topological polar surface area (TPSA) is 41.0 Å². The van der Waals surface area contributed by atoms with Gasteiger partial charge in [-0.15, -0.1) is 0 Å². The summed E-state index contributed by atoms with van der Waals surface area (Å²) < 4.78 is 13.2. The standard InChI is InChI=1S/C16H19FN4/c1-12(13-8-14(17)10-18-9-13)20-15-4-5-16(19-11-15)21-6-2-3-7-21/h4-5,8-12,20H,2-3,6-7H2,1H3. The summed E-state index contributed by atoms with van der Waals surface area (Å²) in [5.74, 6) is 0.710. The zero-order valence-corrected chi connectivity index (χ0v) is 12.1. The summed E-state index contributed by atoms with van der Waals surface area (Å²) >= 11 is 0. The molecule has 3 rings (SSSR count). The molecule has 0 aliphatic carbocycles. The van der Waals surface area contributed by atoms with Crippen molar-refractivity contribution >= 4 is 11.5 Å². The van der Waals surface area contributed by atoms with E-state index >= 15 is 0 Å². The number of anilines is 2. The van der Waals surface area contributed by atoms with E-state index in [1.807, 2.05) is 25.3 Å². The molecule has 1 fully saturated rings. The molecule has 0 saturated carbocycles. The number of rotatable bonds is 4. The quantitative estimate of drug-likeness (QED) is 0.935. The second kappa shape index (κ2) is 6.08. The van der Waals surface area contributed by atoms with Gasteiger partial charge in [0, 0.05) is 19.3 Å². The Balaban J connectivity index is 1.67. The van der Waals surface area contributed by atoms with Crippen LogP contribution in [0.25, 0.3) is 0 Å². The fourth-order valence-electron chi connectivity index (χ4n) is 2.60. The van der Waals surface area contributed by atoms with Crippen LogP contribution in [0.3, 0.4) is 0 Å². The summed E-state index contributed by atoms with van der Waals surface area (Å²) in [4.78, 5) is 10.7. The average molecular weight is 286 g/mol.